The highest BCUT2D eigenvalue weighted by Crippen LogP contribution is 2.23. The topological polar surface area (TPSA) is 12.0 Å². The second-order valence-electron chi connectivity index (χ2n) is 5.22. The Bertz CT molecular complexity index is 594. The van der Waals surface area contributed by atoms with Crippen molar-refractivity contribution in [3.05, 3.63) is 69.7 Å². The van der Waals surface area contributed by atoms with E-state index < -0.39 is 11.6 Å². The average Bonchev–Trinajstić information content (AvgIpc) is 2.38. The molecule has 0 unspecified atom stereocenters. The fourth-order valence-electron chi connectivity index (χ4n) is 1.95. The maximum absolute atomic E-state index is 13.6. The van der Waals surface area contributed by atoms with Crippen molar-refractivity contribution in [3.63, 3.8) is 0 Å². The first-order valence-corrected chi connectivity index (χ1v) is 7.13. The molecule has 0 saturated carbocycles. The fraction of sp³-hybridized carbons (Fsp3) is 0.250. The van der Waals surface area contributed by atoms with Crippen molar-refractivity contribution in [2.75, 3.05) is 0 Å². The number of hydrogen-bond donors (Lipinski definition) is 1. The smallest absolute Gasteiger partial charge is 0.130 e. The summed E-state index contributed by atoms with van der Waals surface area (Å²) in [6.07, 6.45) is 0. The third-order valence-corrected chi connectivity index (χ3v) is 3.83. The Kier molecular flexibility index (Phi) is 4.55. The average molecular weight is 340 g/mol. The molecule has 20 heavy (non-hydrogen) atoms. The molecule has 0 saturated heterocycles. The first kappa shape index (κ1) is 15.1. The molecule has 0 atom stereocenters. The van der Waals surface area contributed by atoms with Gasteiger partial charge in [0.05, 0.1) is 0 Å². The van der Waals surface area contributed by atoms with Crippen LogP contribution < -0.4 is 5.32 Å². The molecular weight excluding hydrogens is 324 g/mol. The molecule has 0 heterocycles. The van der Waals surface area contributed by atoms with E-state index in [1.807, 2.05) is 38.1 Å². The van der Waals surface area contributed by atoms with E-state index >= 15 is 0 Å². The molecule has 106 valence electrons. The summed E-state index contributed by atoms with van der Waals surface area (Å²) < 4.78 is 27.5. The van der Waals surface area contributed by atoms with Crippen LogP contribution in [0.1, 0.15) is 25.0 Å². The van der Waals surface area contributed by atoms with Crippen molar-refractivity contribution < 1.29 is 8.78 Å². The minimum Gasteiger partial charge on any atom is -0.304 e. The van der Waals surface area contributed by atoms with Crippen LogP contribution in [-0.2, 0) is 12.1 Å². The quantitative estimate of drug-likeness (QED) is 0.847. The molecule has 0 aromatic heterocycles. The minimum atomic E-state index is -0.557. The number of hydrogen-bond acceptors (Lipinski definition) is 1. The SMILES string of the molecule is CC(C)(NCc1ccc(F)cc1F)c1ccc(Br)cc1. The minimum absolute atomic E-state index is 0.304. The molecule has 0 spiro atoms. The van der Waals surface area contributed by atoms with Crippen LogP contribution in [0.5, 0.6) is 0 Å². The second-order valence-corrected chi connectivity index (χ2v) is 6.14. The monoisotopic (exact) mass is 339 g/mol. The zero-order valence-corrected chi connectivity index (χ0v) is 13.0. The summed E-state index contributed by atoms with van der Waals surface area (Å²) in [4.78, 5) is 0. The molecular formula is C16H16BrF2N. The molecule has 0 bridgehead atoms. The van der Waals surface area contributed by atoms with Crippen molar-refractivity contribution in [1.82, 2.24) is 5.32 Å². The van der Waals surface area contributed by atoms with Gasteiger partial charge in [-0.2, -0.15) is 0 Å². The summed E-state index contributed by atoms with van der Waals surface area (Å²) in [5, 5.41) is 3.29. The number of halogens is 3. The van der Waals surface area contributed by atoms with E-state index in [-0.39, 0.29) is 5.54 Å². The standard InChI is InChI=1S/C16H16BrF2N/c1-16(2,12-4-6-13(17)7-5-12)20-10-11-3-8-14(18)9-15(11)19/h3-9,20H,10H2,1-2H3. The Morgan fingerprint density at radius 3 is 2.30 bits per heavy atom. The van der Waals surface area contributed by atoms with Crippen LogP contribution in [0.4, 0.5) is 8.78 Å². The Hall–Kier alpha value is -1.26. The van der Waals surface area contributed by atoms with Gasteiger partial charge in [-0.1, -0.05) is 34.1 Å². The van der Waals surface area contributed by atoms with Crippen molar-refractivity contribution in [1.29, 1.82) is 0 Å². The lowest BCUT2D eigenvalue weighted by atomic mass is 9.94. The van der Waals surface area contributed by atoms with Gasteiger partial charge in [0, 0.05) is 28.2 Å². The van der Waals surface area contributed by atoms with E-state index in [9.17, 15) is 8.78 Å². The Morgan fingerprint density at radius 2 is 1.70 bits per heavy atom. The number of nitrogens with one attached hydrogen (secondary N) is 1. The van der Waals surface area contributed by atoms with Crippen molar-refractivity contribution in [3.8, 4) is 0 Å². The summed E-state index contributed by atoms with van der Waals surface area (Å²) in [6.45, 7) is 4.39. The largest absolute Gasteiger partial charge is 0.304 e. The van der Waals surface area contributed by atoms with Gasteiger partial charge in [-0.15, -0.1) is 0 Å². The molecule has 0 aliphatic heterocycles. The summed E-state index contributed by atoms with van der Waals surface area (Å²) in [5.74, 6) is -1.08. The molecule has 0 radical (unpaired) electrons. The van der Waals surface area contributed by atoms with Crippen LogP contribution in [0, 0.1) is 11.6 Å². The first-order valence-electron chi connectivity index (χ1n) is 6.33. The van der Waals surface area contributed by atoms with E-state index in [0.29, 0.717) is 12.1 Å². The molecule has 2 rings (SSSR count). The number of benzene rings is 2. The van der Waals surface area contributed by atoms with Gasteiger partial charge in [0.15, 0.2) is 0 Å². The van der Waals surface area contributed by atoms with E-state index in [0.717, 1.165) is 16.1 Å². The fourth-order valence-corrected chi connectivity index (χ4v) is 2.21. The second kappa shape index (κ2) is 6.02. The van der Waals surface area contributed by atoms with Gasteiger partial charge < -0.3 is 5.32 Å². The summed E-state index contributed by atoms with van der Waals surface area (Å²) in [5.41, 5.74) is 1.25. The molecule has 2 aromatic carbocycles. The van der Waals surface area contributed by atoms with Crippen molar-refractivity contribution >= 4 is 15.9 Å². The van der Waals surface area contributed by atoms with Crippen LogP contribution in [-0.4, -0.2) is 0 Å². The maximum atomic E-state index is 13.6. The van der Waals surface area contributed by atoms with E-state index in [1.165, 1.54) is 12.1 Å². The molecule has 2 aromatic rings. The Morgan fingerprint density at radius 1 is 1.05 bits per heavy atom. The predicted octanol–water partition coefficient (Wildman–Crippen LogP) is 4.75. The van der Waals surface area contributed by atoms with Crippen LogP contribution in [0.25, 0.3) is 0 Å². The van der Waals surface area contributed by atoms with Gasteiger partial charge in [0.2, 0.25) is 0 Å². The third kappa shape index (κ3) is 3.64. The van der Waals surface area contributed by atoms with E-state index in [2.05, 4.69) is 21.2 Å². The lowest BCUT2D eigenvalue weighted by Crippen LogP contribution is -2.36. The van der Waals surface area contributed by atoms with Crippen LogP contribution in [0.2, 0.25) is 0 Å². The van der Waals surface area contributed by atoms with Gasteiger partial charge in [-0.3, -0.25) is 0 Å². The molecule has 4 heteroatoms. The van der Waals surface area contributed by atoms with Gasteiger partial charge in [0.1, 0.15) is 11.6 Å². The predicted molar refractivity (Wildman–Crippen MR) is 80.4 cm³/mol. The van der Waals surface area contributed by atoms with Gasteiger partial charge in [-0.25, -0.2) is 8.78 Å². The van der Waals surface area contributed by atoms with Crippen LogP contribution in [0.15, 0.2) is 46.9 Å². The highest BCUT2D eigenvalue weighted by atomic mass is 79.9. The zero-order valence-electron chi connectivity index (χ0n) is 11.4. The molecule has 1 N–H and O–H groups in total. The highest BCUT2D eigenvalue weighted by Gasteiger charge is 2.20. The maximum Gasteiger partial charge on any atom is 0.130 e. The molecule has 0 aliphatic carbocycles. The van der Waals surface area contributed by atoms with E-state index in [4.69, 9.17) is 0 Å². The zero-order chi connectivity index (χ0) is 14.8. The van der Waals surface area contributed by atoms with Crippen LogP contribution >= 0.6 is 15.9 Å². The lowest BCUT2D eigenvalue weighted by Gasteiger charge is -2.27. The van der Waals surface area contributed by atoms with Gasteiger partial charge >= 0.3 is 0 Å². The molecule has 1 nitrogen and oxygen atoms in total. The molecule has 0 amide bonds. The summed E-state index contributed by atoms with van der Waals surface area (Å²) in [6, 6.07) is 11.6. The third-order valence-electron chi connectivity index (χ3n) is 3.30. The molecule has 0 fully saturated rings. The van der Waals surface area contributed by atoms with E-state index in [1.54, 1.807) is 0 Å². The Labute approximate surface area is 126 Å². The number of rotatable bonds is 4. The van der Waals surface area contributed by atoms with Gasteiger partial charge in [-0.05, 0) is 37.6 Å². The van der Waals surface area contributed by atoms with Crippen molar-refractivity contribution in [2.45, 2.75) is 25.9 Å². The normalized spacial score (nSPS) is 11.7. The summed E-state index contributed by atoms with van der Waals surface area (Å²) >= 11 is 3.40. The van der Waals surface area contributed by atoms with Crippen LogP contribution in [0.3, 0.4) is 0 Å². The van der Waals surface area contributed by atoms with Crippen molar-refractivity contribution in [2.24, 2.45) is 0 Å². The highest BCUT2D eigenvalue weighted by molar-refractivity contribution is 9.10. The lowest BCUT2D eigenvalue weighted by molar-refractivity contribution is 0.396. The summed E-state index contributed by atoms with van der Waals surface area (Å²) in [7, 11) is 0. The first-order chi connectivity index (χ1) is 9.38. The molecule has 0 aliphatic rings. The Balaban J connectivity index is 2.10. The van der Waals surface area contributed by atoms with Gasteiger partial charge in [0.25, 0.3) is 0 Å².